The van der Waals surface area contributed by atoms with Crippen LogP contribution in [0.5, 0.6) is 0 Å². The van der Waals surface area contributed by atoms with Gasteiger partial charge in [-0.05, 0) is 114 Å². The lowest BCUT2D eigenvalue weighted by Gasteiger charge is -2.26. The second-order valence-corrected chi connectivity index (χ2v) is 14.5. The molecule has 268 valence electrons. The van der Waals surface area contributed by atoms with Gasteiger partial charge in [0.15, 0.2) is 0 Å². The van der Waals surface area contributed by atoms with Crippen molar-refractivity contribution in [2.24, 2.45) is 0 Å². The number of nitrogens with zero attached hydrogens (tertiary/aromatic N) is 1. The quantitative estimate of drug-likeness (QED) is 0.141. The number of rotatable bonds is 8. The van der Waals surface area contributed by atoms with Gasteiger partial charge in [0.25, 0.3) is 0 Å². The second kappa shape index (κ2) is 15.0. The van der Waals surface area contributed by atoms with E-state index in [1.54, 1.807) is 0 Å². The first-order valence-corrected chi connectivity index (χ1v) is 19.6. The molecule has 0 saturated carbocycles. The van der Waals surface area contributed by atoms with Crippen LogP contribution in [0.25, 0.3) is 77.2 Å². The molecule has 0 atom stereocenters. The van der Waals surface area contributed by atoms with Gasteiger partial charge in [-0.1, -0.05) is 200 Å². The fraction of sp³-hybridized carbons (Fsp3) is 0. The van der Waals surface area contributed by atoms with Gasteiger partial charge in [0.05, 0.1) is 0 Å². The van der Waals surface area contributed by atoms with Crippen LogP contribution in [0.15, 0.2) is 237 Å². The van der Waals surface area contributed by atoms with E-state index in [1.165, 1.54) is 77.2 Å². The zero-order valence-electron chi connectivity index (χ0n) is 31.5. The molecule has 0 aromatic heterocycles. The molecule has 0 aliphatic carbocycles. The van der Waals surface area contributed by atoms with Gasteiger partial charge < -0.3 is 4.90 Å². The summed E-state index contributed by atoms with van der Waals surface area (Å²) in [5.74, 6) is 0. The molecule has 0 N–H and O–H groups in total. The first-order chi connectivity index (χ1) is 28.3. The highest BCUT2D eigenvalue weighted by Crippen LogP contribution is 2.48. The number of hydrogen-bond acceptors (Lipinski definition) is 1. The fourth-order valence-electron chi connectivity index (χ4n) is 8.38. The van der Waals surface area contributed by atoms with Crippen molar-refractivity contribution in [2.75, 3.05) is 4.90 Å². The molecule has 0 heterocycles. The Hall–Kier alpha value is -7.48. The molecule has 0 saturated heterocycles. The molecular formula is C56H39N. The van der Waals surface area contributed by atoms with Crippen molar-refractivity contribution in [3.63, 3.8) is 0 Å². The minimum atomic E-state index is 1.10. The van der Waals surface area contributed by atoms with Crippen LogP contribution >= 0.6 is 0 Å². The summed E-state index contributed by atoms with van der Waals surface area (Å²) < 4.78 is 0. The maximum Gasteiger partial charge on any atom is 0.0462 e. The number of anilines is 3. The second-order valence-electron chi connectivity index (χ2n) is 14.5. The monoisotopic (exact) mass is 725 g/mol. The van der Waals surface area contributed by atoms with E-state index in [0.717, 1.165) is 17.1 Å². The normalized spacial score (nSPS) is 11.2. The van der Waals surface area contributed by atoms with Gasteiger partial charge >= 0.3 is 0 Å². The van der Waals surface area contributed by atoms with E-state index in [1.807, 2.05) is 0 Å². The third kappa shape index (κ3) is 6.46. The van der Waals surface area contributed by atoms with Crippen LogP contribution in [0.2, 0.25) is 0 Å². The van der Waals surface area contributed by atoms with Gasteiger partial charge in [0.1, 0.15) is 0 Å². The van der Waals surface area contributed by atoms with Gasteiger partial charge in [-0.3, -0.25) is 0 Å². The van der Waals surface area contributed by atoms with Gasteiger partial charge in [-0.15, -0.1) is 0 Å². The van der Waals surface area contributed by atoms with Crippen LogP contribution in [0.4, 0.5) is 17.1 Å². The van der Waals surface area contributed by atoms with Crippen LogP contribution in [-0.2, 0) is 0 Å². The summed E-state index contributed by atoms with van der Waals surface area (Å²) in [6.07, 6.45) is 0. The van der Waals surface area contributed by atoms with Crippen molar-refractivity contribution < 1.29 is 0 Å². The highest BCUT2D eigenvalue weighted by atomic mass is 15.1. The lowest BCUT2D eigenvalue weighted by Crippen LogP contribution is -2.09. The van der Waals surface area contributed by atoms with Crippen molar-refractivity contribution in [3.05, 3.63) is 237 Å². The summed E-state index contributed by atoms with van der Waals surface area (Å²) in [7, 11) is 0. The first kappa shape index (κ1) is 34.0. The Bertz CT molecular complexity index is 2940. The van der Waals surface area contributed by atoms with Gasteiger partial charge in [0.2, 0.25) is 0 Å². The zero-order valence-corrected chi connectivity index (χ0v) is 31.5. The number of fused-ring (bicyclic) bond motifs is 3. The third-order valence-corrected chi connectivity index (χ3v) is 11.1. The summed E-state index contributed by atoms with van der Waals surface area (Å²) in [6, 6.07) is 85.5. The van der Waals surface area contributed by atoms with Crippen molar-refractivity contribution in [1.82, 2.24) is 0 Å². The van der Waals surface area contributed by atoms with Crippen LogP contribution < -0.4 is 4.90 Å². The number of para-hydroxylation sites is 1. The third-order valence-electron chi connectivity index (χ3n) is 11.1. The smallest absolute Gasteiger partial charge is 0.0462 e. The molecule has 10 aromatic rings. The lowest BCUT2D eigenvalue weighted by atomic mass is 9.82. The van der Waals surface area contributed by atoms with Gasteiger partial charge in [-0.25, -0.2) is 0 Å². The van der Waals surface area contributed by atoms with Crippen molar-refractivity contribution in [3.8, 4) is 55.6 Å². The lowest BCUT2D eigenvalue weighted by molar-refractivity contribution is 1.28. The van der Waals surface area contributed by atoms with Crippen molar-refractivity contribution in [1.29, 1.82) is 0 Å². The van der Waals surface area contributed by atoms with E-state index in [9.17, 15) is 0 Å². The van der Waals surface area contributed by atoms with E-state index in [4.69, 9.17) is 0 Å². The molecule has 1 heteroatoms. The molecule has 0 fully saturated rings. The Morgan fingerprint density at radius 3 is 1.12 bits per heavy atom. The Morgan fingerprint density at radius 2 is 0.579 bits per heavy atom. The minimum Gasteiger partial charge on any atom is -0.311 e. The predicted molar refractivity (Wildman–Crippen MR) is 243 cm³/mol. The topological polar surface area (TPSA) is 3.24 Å². The minimum absolute atomic E-state index is 1.10. The van der Waals surface area contributed by atoms with Crippen LogP contribution in [0.3, 0.4) is 0 Å². The molecule has 0 aliphatic rings. The SMILES string of the molecule is c1ccc(-c2ccc(-c3ccc(N(c4ccccc4)c4ccc(-c5cccc6c5c(-c5ccccc5)c(-c5ccccc5)c5ccccc56)cc4)cc3)cc2)cc1. The van der Waals surface area contributed by atoms with E-state index in [0.29, 0.717) is 0 Å². The molecule has 0 bridgehead atoms. The summed E-state index contributed by atoms with van der Waals surface area (Å²) in [6.45, 7) is 0. The summed E-state index contributed by atoms with van der Waals surface area (Å²) >= 11 is 0. The molecule has 10 rings (SSSR count). The Labute approximate surface area is 334 Å². The molecule has 0 spiro atoms. The first-order valence-electron chi connectivity index (χ1n) is 19.6. The maximum atomic E-state index is 2.34. The summed E-state index contributed by atoms with van der Waals surface area (Å²) in [5, 5.41) is 5.04. The standard InChI is InChI=1S/C56H39N/c1-5-16-40(17-6-1)41-28-30-42(31-29-41)43-32-36-48(37-33-43)57(47-22-11-4-12-23-47)49-38-34-44(35-39-49)50-26-15-27-53-51-24-13-14-25-52(51)54(45-18-7-2-8-19-45)55(56(50)53)46-20-9-3-10-21-46/h1-39H. The van der Waals surface area contributed by atoms with Crippen molar-refractivity contribution >= 4 is 38.6 Å². The molecule has 0 aliphatic heterocycles. The maximum absolute atomic E-state index is 2.34. The summed E-state index contributed by atoms with van der Waals surface area (Å²) in [4.78, 5) is 2.34. The van der Waals surface area contributed by atoms with Gasteiger partial charge in [0, 0.05) is 17.1 Å². The number of hydrogen-bond donors (Lipinski definition) is 0. The Balaban J connectivity index is 1.08. The average molecular weight is 726 g/mol. The Kier molecular flexibility index (Phi) is 8.95. The molecule has 1 nitrogen and oxygen atoms in total. The van der Waals surface area contributed by atoms with Crippen LogP contribution in [0, 0.1) is 0 Å². The molecule has 57 heavy (non-hydrogen) atoms. The molecular weight excluding hydrogens is 687 g/mol. The molecule has 0 amide bonds. The van der Waals surface area contributed by atoms with E-state index in [2.05, 4.69) is 241 Å². The fourth-order valence-corrected chi connectivity index (χ4v) is 8.38. The number of benzene rings is 10. The van der Waals surface area contributed by atoms with E-state index >= 15 is 0 Å². The van der Waals surface area contributed by atoms with E-state index < -0.39 is 0 Å². The van der Waals surface area contributed by atoms with E-state index in [-0.39, 0.29) is 0 Å². The van der Waals surface area contributed by atoms with Crippen molar-refractivity contribution in [2.45, 2.75) is 0 Å². The molecule has 10 aromatic carbocycles. The van der Waals surface area contributed by atoms with Gasteiger partial charge in [-0.2, -0.15) is 0 Å². The largest absolute Gasteiger partial charge is 0.311 e. The highest BCUT2D eigenvalue weighted by molar-refractivity contribution is 6.24. The molecule has 0 unspecified atom stereocenters. The summed E-state index contributed by atoms with van der Waals surface area (Å²) in [5.41, 5.74) is 15.5. The highest BCUT2D eigenvalue weighted by Gasteiger charge is 2.21. The Morgan fingerprint density at radius 1 is 0.211 bits per heavy atom. The molecule has 0 radical (unpaired) electrons. The average Bonchev–Trinajstić information content (AvgIpc) is 3.30. The predicted octanol–water partition coefficient (Wildman–Crippen LogP) is 15.8. The van der Waals surface area contributed by atoms with Crippen LogP contribution in [-0.4, -0.2) is 0 Å². The van der Waals surface area contributed by atoms with Crippen LogP contribution in [0.1, 0.15) is 0 Å². The zero-order chi connectivity index (χ0) is 38.0.